The van der Waals surface area contributed by atoms with Crippen molar-refractivity contribution in [2.24, 2.45) is 0 Å². The van der Waals surface area contributed by atoms with Gasteiger partial charge in [0.25, 0.3) is 0 Å². The SMILES string of the molecule is C=C/C(OC)=c1/c(C)cccc1=C. The maximum Gasteiger partial charge on any atom is 0.126 e. The fourth-order valence-corrected chi connectivity index (χ4v) is 1.37. The molecule has 68 valence electrons. The molecule has 0 aliphatic rings. The summed E-state index contributed by atoms with van der Waals surface area (Å²) in [6, 6.07) is 5.98. The van der Waals surface area contributed by atoms with Crippen LogP contribution in [0.25, 0.3) is 12.3 Å². The Morgan fingerprint density at radius 2 is 2.15 bits per heavy atom. The molecular weight excluding hydrogens is 160 g/mol. The molecule has 0 saturated heterocycles. The number of rotatable bonds is 2. The number of benzene rings is 1. The molecule has 0 radical (unpaired) electrons. The van der Waals surface area contributed by atoms with Gasteiger partial charge in [-0.3, -0.25) is 0 Å². The molecule has 0 N–H and O–H groups in total. The van der Waals surface area contributed by atoms with Crippen molar-refractivity contribution >= 4 is 12.3 Å². The van der Waals surface area contributed by atoms with E-state index in [1.165, 1.54) is 0 Å². The lowest BCUT2D eigenvalue weighted by molar-refractivity contribution is 0.370. The van der Waals surface area contributed by atoms with E-state index in [9.17, 15) is 0 Å². The molecule has 0 bridgehead atoms. The third-order valence-corrected chi connectivity index (χ3v) is 2.01. The predicted octanol–water partition coefficient (Wildman–Crippen LogP) is 1.35. The van der Waals surface area contributed by atoms with Crippen LogP contribution in [0.2, 0.25) is 0 Å². The molecule has 0 fully saturated rings. The highest BCUT2D eigenvalue weighted by Crippen LogP contribution is 1.95. The van der Waals surface area contributed by atoms with Gasteiger partial charge in [-0.15, -0.1) is 0 Å². The normalized spacial score (nSPS) is 12.2. The van der Waals surface area contributed by atoms with Crippen LogP contribution in [0.1, 0.15) is 5.56 Å². The highest BCUT2D eigenvalue weighted by atomic mass is 16.5. The monoisotopic (exact) mass is 174 g/mol. The van der Waals surface area contributed by atoms with Crippen LogP contribution >= 0.6 is 0 Å². The summed E-state index contributed by atoms with van der Waals surface area (Å²) in [6.45, 7) is 9.68. The number of hydrogen-bond donors (Lipinski definition) is 0. The number of aryl methyl sites for hydroxylation is 1. The topological polar surface area (TPSA) is 9.23 Å². The van der Waals surface area contributed by atoms with Crippen LogP contribution in [0, 0.1) is 6.92 Å². The van der Waals surface area contributed by atoms with Gasteiger partial charge in [0, 0.05) is 5.22 Å². The standard InChI is InChI=1S/C12H14O/c1-5-11(13-4)12-9(2)7-6-8-10(12)3/h5-8H,1-2H2,3-4H3/b12-11-. The molecule has 13 heavy (non-hydrogen) atoms. The van der Waals surface area contributed by atoms with Crippen LogP contribution in [0.15, 0.2) is 30.9 Å². The molecule has 0 aromatic heterocycles. The first-order valence-electron chi connectivity index (χ1n) is 4.16. The lowest BCUT2D eigenvalue weighted by Crippen LogP contribution is -2.28. The first-order chi connectivity index (χ1) is 6.20. The van der Waals surface area contributed by atoms with Crippen LogP contribution in [-0.4, -0.2) is 7.11 Å². The van der Waals surface area contributed by atoms with Gasteiger partial charge >= 0.3 is 0 Å². The van der Waals surface area contributed by atoms with E-state index in [2.05, 4.69) is 13.2 Å². The van der Waals surface area contributed by atoms with Gasteiger partial charge in [-0.1, -0.05) is 31.4 Å². The number of hydrogen-bond acceptors (Lipinski definition) is 1. The van der Waals surface area contributed by atoms with E-state index in [4.69, 9.17) is 4.74 Å². The average Bonchev–Trinajstić information content (AvgIpc) is 2.11. The van der Waals surface area contributed by atoms with Crippen molar-refractivity contribution in [2.75, 3.05) is 7.11 Å². The molecule has 0 spiro atoms. The van der Waals surface area contributed by atoms with Gasteiger partial charge in [0.05, 0.1) is 7.11 Å². The van der Waals surface area contributed by atoms with Crippen LogP contribution in [0.3, 0.4) is 0 Å². The van der Waals surface area contributed by atoms with Gasteiger partial charge in [-0.2, -0.15) is 0 Å². The second-order valence-corrected chi connectivity index (χ2v) is 2.88. The average molecular weight is 174 g/mol. The highest BCUT2D eigenvalue weighted by Gasteiger charge is 1.95. The van der Waals surface area contributed by atoms with Gasteiger partial charge in [-0.25, -0.2) is 0 Å². The van der Waals surface area contributed by atoms with Crippen molar-refractivity contribution < 1.29 is 4.74 Å². The maximum absolute atomic E-state index is 5.21. The van der Waals surface area contributed by atoms with Crippen LogP contribution in [-0.2, 0) is 4.74 Å². The summed E-state index contributed by atoms with van der Waals surface area (Å²) >= 11 is 0. The van der Waals surface area contributed by atoms with Crippen molar-refractivity contribution in [3.8, 4) is 0 Å². The molecule has 0 aliphatic heterocycles. The van der Waals surface area contributed by atoms with Gasteiger partial charge in [0.2, 0.25) is 0 Å². The second-order valence-electron chi connectivity index (χ2n) is 2.88. The summed E-state index contributed by atoms with van der Waals surface area (Å²) in [7, 11) is 1.64. The van der Waals surface area contributed by atoms with E-state index in [-0.39, 0.29) is 0 Å². The zero-order valence-electron chi connectivity index (χ0n) is 8.13. The Labute approximate surface area is 78.7 Å². The third kappa shape index (κ3) is 1.81. The van der Waals surface area contributed by atoms with Crippen molar-refractivity contribution in [1.82, 2.24) is 0 Å². The minimum atomic E-state index is 0.781. The quantitative estimate of drug-likeness (QED) is 0.657. The summed E-state index contributed by atoms with van der Waals surface area (Å²) < 4.78 is 5.21. The summed E-state index contributed by atoms with van der Waals surface area (Å²) in [6.07, 6.45) is 1.71. The lowest BCUT2D eigenvalue weighted by Gasteiger charge is -2.02. The predicted molar refractivity (Wildman–Crippen MR) is 56.6 cm³/mol. The number of ether oxygens (including phenoxy) is 1. The van der Waals surface area contributed by atoms with Gasteiger partial charge in [-0.05, 0) is 23.8 Å². The van der Waals surface area contributed by atoms with Gasteiger partial charge < -0.3 is 4.74 Å². The molecular formula is C12H14O. The Bertz CT molecular complexity index is 415. The Kier molecular flexibility index (Phi) is 2.91. The van der Waals surface area contributed by atoms with Gasteiger partial charge in [0.15, 0.2) is 0 Å². The molecule has 0 aliphatic carbocycles. The minimum absolute atomic E-state index is 0.781. The fourth-order valence-electron chi connectivity index (χ4n) is 1.37. The first-order valence-corrected chi connectivity index (χ1v) is 4.16. The van der Waals surface area contributed by atoms with E-state index in [0.717, 1.165) is 21.8 Å². The largest absolute Gasteiger partial charge is 0.496 e. The highest BCUT2D eigenvalue weighted by molar-refractivity contribution is 5.50. The van der Waals surface area contributed by atoms with E-state index < -0.39 is 0 Å². The van der Waals surface area contributed by atoms with E-state index in [0.29, 0.717) is 0 Å². The van der Waals surface area contributed by atoms with E-state index >= 15 is 0 Å². The molecule has 1 nitrogen and oxygen atoms in total. The molecule has 0 unspecified atom stereocenters. The third-order valence-electron chi connectivity index (χ3n) is 2.01. The molecule has 1 aromatic rings. The minimum Gasteiger partial charge on any atom is -0.496 e. The Hall–Kier alpha value is -1.50. The molecule has 0 saturated carbocycles. The zero-order chi connectivity index (χ0) is 9.84. The van der Waals surface area contributed by atoms with Crippen molar-refractivity contribution in [1.29, 1.82) is 0 Å². The number of methoxy groups -OCH3 is 1. The Balaban J connectivity index is 3.69. The van der Waals surface area contributed by atoms with Crippen LogP contribution in [0.5, 0.6) is 0 Å². The van der Waals surface area contributed by atoms with Crippen molar-refractivity contribution in [3.63, 3.8) is 0 Å². The molecule has 0 amide bonds. The second kappa shape index (κ2) is 3.94. The summed E-state index contributed by atoms with van der Waals surface area (Å²) in [4.78, 5) is 0. The molecule has 1 aromatic carbocycles. The van der Waals surface area contributed by atoms with E-state index in [1.807, 2.05) is 25.1 Å². The summed E-state index contributed by atoms with van der Waals surface area (Å²) in [5.41, 5.74) is 1.16. The zero-order valence-corrected chi connectivity index (χ0v) is 8.13. The van der Waals surface area contributed by atoms with Crippen molar-refractivity contribution in [2.45, 2.75) is 6.92 Å². The van der Waals surface area contributed by atoms with E-state index in [1.54, 1.807) is 13.2 Å². The Morgan fingerprint density at radius 3 is 2.62 bits per heavy atom. The molecule has 1 heteroatoms. The summed E-state index contributed by atoms with van der Waals surface area (Å²) in [5, 5.41) is 2.01. The fraction of sp³-hybridized carbons (Fsp3) is 0.167. The van der Waals surface area contributed by atoms with Crippen LogP contribution in [0.4, 0.5) is 0 Å². The molecule has 1 rings (SSSR count). The first kappa shape index (κ1) is 9.59. The smallest absolute Gasteiger partial charge is 0.126 e. The molecule has 0 heterocycles. The van der Waals surface area contributed by atoms with Crippen molar-refractivity contribution in [3.05, 3.63) is 46.9 Å². The van der Waals surface area contributed by atoms with Gasteiger partial charge in [0.1, 0.15) is 5.76 Å². The maximum atomic E-state index is 5.21. The lowest BCUT2D eigenvalue weighted by atomic mass is 10.1. The molecule has 0 atom stereocenters. The van der Waals surface area contributed by atoms with Crippen LogP contribution < -0.4 is 10.4 Å². The Morgan fingerprint density at radius 1 is 1.46 bits per heavy atom. The summed E-state index contributed by atoms with van der Waals surface area (Å²) in [5.74, 6) is 0.781.